The van der Waals surface area contributed by atoms with Gasteiger partial charge < -0.3 is 20.1 Å². The van der Waals surface area contributed by atoms with Gasteiger partial charge in [0.15, 0.2) is 6.17 Å². The van der Waals surface area contributed by atoms with Crippen molar-refractivity contribution in [3.8, 4) is 0 Å². The largest absolute Gasteiger partial charge is 0.393 e. The molecule has 0 aromatic rings. The standard InChI is InChI=1S/C7H13FO4/c1-3-5(10)6(11)7(12-3)4(8)2-9/h3-7,9-11H,2H2,1H3/t3?,4?,5?,6?,7-/m1/s1. The maximum atomic E-state index is 12.8. The number of rotatable bonds is 2. The zero-order valence-corrected chi connectivity index (χ0v) is 6.72. The van der Waals surface area contributed by atoms with Gasteiger partial charge in [0, 0.05) is 0 Å². The van der Waals surface area contributed by atoms with Gasteiger partial charge in [-0.05, 0) is 6.92 Å². The van der Waals surface area contributed by atoms with E-state index in [9.17, 15) is 9.50 Å². The summed E-state index contributed by atoms with van der Waals surface area (Å²) in [6.45, 7) is 0.832. The van der Waals surface area contributed by atoms with E-state index in [1.807, 2.05) is 0 Å². The second-order valence-electron chi connectivity index (χ2n) is 2.99. The summed E-state index contributed by atoms with van der Waals surface area (Å²) in [5, 5.41) is 26.8. The lowest BCUT2D eigenvalue weighted by Crippen LogP contribution is -2.38. The van der Waals surface area contributed by atoms with Crippen LogP contribution in [-0.4, -0.2) is 52.5 Å². The zero-order chi connectivity index (χ0) is 9.30. The number of alkyl halides is 1. The molecular weight excluding hydrogens is 167 g/mol. The molecule has 1 saturated heterocycles. The summed E-state index contributed by atoms with van der Waals surface area (Å²) in [7, 11) is 0. The predicted molar refractivity (Wildman–Crippen MR) is 38.3 cm³/mol. The lowest BCUT2D eigenvalue weighted by atomic mass is 10.1. The Balaban J connectivity index is 2.58. The molecule has 4 nitrogen and oxygen atoms in total. The van der Waals surface area contributed by atoms with Crippen LogP contribution in [0.4, 0.5) is 4.39 Å². The van der Waals surface area contributed by atoms with Crippen LogP contribution in [0.15, 0.2) is 0 Å². The Morgan fingerprint density at radius 2 is 2.00 bits per heavy atom. The molecule has 3 N–H and O–H groups in total. The van der Waals surface area contributed by atoms with E-state index >= 15 is 0 Å². The first-order chi connectivity index (χ1) is 5.57. The minimum absolute atomic E-state index is 0.588. The van der Waals surface area contributed by atoms with Crippen LogP contribution in [0.5, 0.6) is 0 Å². The highest BCUT2D eigenvalue weighted by atomic mass is 19.1. The van der Waals surface area contributed by atoms with Gasteiger partial charge in [-0.15, -0.1) is 0 Å². The van der Waals surface area contributed by atoms with Gasteiger partial charge in [-0.25, -0.2) is 4.39 Å². The van der Waals surface area contributed by atoms with Crippen LogP contribution in [0.1, 0.15) is 6.92 Å². The third kappa shape index (κ3) is 1.59. The first-order valence-corrected chi connectivity index (χ1v) is 3.84. The molecule has 4 unspecified atom stereocenters. The van der Waals surface area contributed by atoms with Gasteiger partial charge in [-0.2, -0.15) is 0 Å². The van der Waals surface area contributed by atoms with E-state index in [0.29, 0.717) is 0 Å². The average molecular weight is 180 g/mol. The Bertz CT molecular complexity index is 154. The van der Waals surface area contributed by atoms with Crippen molar-refractivity contribution in [2.24, 2.45) is 0 Å². The molecule has 0 saturated carbocycles. The first kappa shape index (κ1) is 9.85. The van der Waals surface area contributed by atoms with Crippen molar-refractivity contribution in [3.63, 3.8) is 0 Å². The molecule has 12 heavy (non-hydrogen) atoms. The van der Waals surface area contributed by atoms with Crippen molar-refractivity contribution in [3.05, 3.63) is 0 Å². The van der Waals surface area contributed by atoms with Crippen LogP contribution >= 0.6 is 0 Å². The lowest BCUT2D eigenvalue weighted by Gasteiger charge is -2.16. The van der Waals surface area contributed by atoms with Crippen molar-refractivity contribution in [1.82, 2.24) is 0 Å². The summed E-state index contributed by atoms with van der Waals surface area (Å²) in [6, 6.07) is 0. The molecule has 1 fully saturated rings. The van der Waals surface area contributed by atoms with Gasteiger partial charge in [-0.3, -0.25) is 0 Å². The maximum Gasteiger partial charge on any atom is 0.152 e. The third-order valence-electron chi connectivity index (χ3n) is 2.07. The van der Waals surface area contributed by atoms with Gasteiger partial charge >= 0.3 is 0 Å². The molecule has 1 rings (SSSR count). The number of halogens is 1. The molecule has 0 spiro atoms. The maximum absolute atomic E-state index is 12.8. The third-order valence-corrected chi connectivity index (χ3v) is 2.07. The number of aliphatic hydroxyl groups is 3. The summed E-state index contributed by atoms with van der Waals surface area (Å²) in [6.07, 6.45) is -5.66. The summed E-state index contributed by atoms with van der Waals surface area (Å²) in [4.78, 5) is 0. The molecule has 0 amide bonds. The Morgan fingerprint density at radius 1 is 1.42 bits per heavy atom. The normalized spacial score (nSPS) is 44.8. The molecule has 5 atom stereocenters. The fourth-order valence-corrected chi connectivity index (χ4v) is 1.28. The lowest BCUT2D eigenvalue weighted by molar-refractivity contribution is -0.0471. The molecule has 1 aliphatic heterocycles. The van der Waals surface area contributed by atoms with Crippen molar-refractivity contribution in [2.75, 3.05) is 6.61 Å². The Kier molecular flexibility index (Phi) is 3.00. The van der Waals surface area contributed by atoms with Gasteiger partial charge in [0.25, 0.3) is 0 Å². The van der Waals surface area contributed by atoms with E-state index in [-0.39, 0.29) is 0 Å². The Hall–Kier alpha value is -0.230. The Labute approximate surface area is 69.6 Å². The minimum atomic E-state index is -1.64. The summed E-state index contributed by atoms with van der Waals surface area (Å²) in [5.41, 5.74) is 0. The highest BCUT2D eigenvalue weighted by Gasteiger charge is 2.44. The second-order valence-corrected chi connectivity index (χ2v) is 2.99. The van der Waals surface area contributed by atoms with Crippen molar-refractivity contribution in [1.29, 1.82) is 0 Å². The van der Waals surface area contributed by atoms with E-state index in [1.165, 1.54) is 6.92 Å². The molecule has 1 heterocycles. The van der Waals surface area contributed by atoms with Crippen LogP contribution in [0, 0.1) is 0 Å². The fourth-order valence-electron chi connectivity index (χ4n) is 1.28. The zero-order valence-electron chi connectivity index (χ0n) is 6.72. The molecular formula is C7H13FO4. The topological polar surface area (TPSA) is 69.9 Å². The van der Waals surface area contributed by atoms with Gasteiger partial charge in [0.1, 0.15) is 18.3 Å². The second kappa shape index (κ2) is 3.66. The quantitative estimate of drug-likeness (QED) is 0.500. The molecule has 0 radical (unpaired) electrons. The van der Waals surface area contributed by atoms with Gasteiger partial charge in [0.2, 0.25) is 0 Å². The van der Waals surface area contributed by atoms with E-state index < -0.39 is 37.2 Å². The SMILES string of the molecule is CC1O[C@H](C(F)CO)C(O)C1O. The van der Waals surface area contributed by atoms with E-state index in [0.717, 1.165) is 0 Å². The van der Waals surface area contributed by atoms with Gasteiger partial charge in [-0.1, -0.05) is 0 Å². The highest BCUT2D eigenvalue weighted by Crippen LogP contribution is 2.24. The highest BCUT2D eigenvalue weighted by molar-refractivity contribution is 4.92. The fraction of sp³-hybridized carbons (Fsp3) is 1.00. The number of ether oxygens (including phenoxy) is 1. The van der Waals surface area contributed by atoms with E-state index in [4.69, 9.17) is 14.9 Å². The van der Waals surface area contributed by atoms with Crippen molar-refractivity contribution in [2.45, 2.75) is 37.5 Å². The number of aliphatic hydroxyl groups excluding tert-OH is 3. The summed E-state index contributed by atoms with van der Waals surface area (Å²) >= 11 is 0. The summed E-state index contributed by atoms with van der Waals surface area (Å²) < 4.78 is 17.7. The van der Waals surface area contributed by atoms with Crippen molar-refractivity contribution >= 4 is 0 Å². The number of hydrogen-bond donors (Lipinski definition) is 3. The molecule has 0 bridgehead atoms. The predicted octanol–water partition coefficient (Wildman–Crippen LogP) is -1.17. The molecule has 72 valence electrons. The summed E-state index contributed by atoms with van der Waals surface area (Å²) in [5.74, 6) is 0. The minimum Gasteiger partial charge on any atom is -0.393 e. The Morgan fingerprint density at radius 3 is 2.33 bits per heavy atom. The smallest absolute Gasteiger partial charge is 0.152 e. The van der Waals surface area contributed by atoms with Crippen LogP contribution in [0.3, 0.4) is 0 Å². The van der Waals surface area contributed by atoms with Gasteiger partial charge in [0.05, 0.1) is 12.7 Å². The van der Waals surface area contributed by atoms with E-state index in [1.54, 1.807) is 0 Å². The van der Waals surface area contributed by atoms with E-state index in [2.05, 4.69) is 0 Å². The monoisotopic (exact) mass is 180 g/mol. The molecule has 0 aliphatic carbocycles. The molecule has 0 aromatic carbocycles. The first-order valence-electron chi connectivity index (χ1n) is 3.84. The van der Waals surface area contributed by atoms with Crippen LogP contribution in [-0.2, 0) is 4.74 Å². The number of hydrogen-bond acceptors (Lipinski definition) is 4. The average Bonchev–Trinajstić information content (AvgIpc) is 2.32. The van der Waals surface area contributed by atoms with Crippen molar-refractivity contribution < 1.29 is 24.4 Å². The molecule has 0 aromatic heterocycles. The molecule has 5 heteroatoms. The van der Waals surface area contributed by atoms with Crippen LogP contribution in [0.2, 0.25) is 0 Å². The molecule has 1 aliphatic rings. The van der Waals surface area contributed by atoms with Crippen LogP contribution < -0.4 is 0 Å². The van der Waals surface area contributed by atoms with Crippen LogP contribution in [0.25, 0.3) is 0 Å².